The minimum absolute atomic E-state index is 0.293. The van der Waals surface area contributed by atoms with Crippen molar-refractivity contribution in [1.29, 1.82) is 0 Å². The minimum atomic E-state index is 0.293. The molecule has 3 heteroatoms. The maximum atomic E-state index is 5.42. The molecule has 0 spiro atoms. The van der Waals surface area contributed by atoms with E-state index in [-0.39, 0.29) is 0 Å². The van der Waals surface area contributed by atoms with Crippen LogP contribution in [0.3, 0.4) is 0 Å². The fourth-order valence-electron chi connectivity index (χ4n) is 0.735. The van der Waals surface area contributed by atoms with Gasteiger partial charge >= 0.3 is 0 Å². The quantitative estimate of drug-likeness (QED) is 0.561. The molecule has 0 fully saturated rings. The van der Waals surface area contributed by atoms with Gasteiger partial charge in [-0.2, -0.15) is 0 Å². The smallest absolute Gasteiger partial charge is 0.0568 e. The molecule has 0 aromatic rings. The first-order valence-electron chi connectivity index (χ1n) is 4.12. The van der Waals surface area contributed by atoms with Crippen molar-refractivity contribution in [2.45, 2.75) is 25.9 Å². The molecule has 0 bridgehead atoms. The van der Waals surface area contributed by atoms with Crippen molar-refractivity contribution in [3.63, 3.8) is 0 Å². The Morgan fingerprint density at radius 1 is 1.36 bits per heavy atom. The fraction of sp³-hybridized carbons (Fsp3) is 1.00. The summed E-state index contributed by atoms with van der Waals surface area (Å²) in [6, 6.07) is 0. The Kier molecular flexibility index (Phi) is 7.89. The van der Waals surface area contributed by atoms with Crippen LogP contribution in [0.5, 0.6) is 0 Å². The van der Waals surface area contributed by atoms with Crippen LogP contribution in [0.1, 0.15) is 19.8 Å². The molecule has 0 radical (unpaired) electrons. The number of ether oxygens (including phenoxy) is 2. The van der Waals surface area contributed by atoms with Crippen molar-refractivity contribution in [1.82, 2.24) is 0 Å². The summed E-state index contributed by atoms with van der Waals surface area (Å²) in [5, 5.41) is 0. The third-order valence-corrected chi connectivity index (χ3v) is 1.48. The summed E-state index contributed by atoms with van der Waals surface area (Å²) in [5.41, 5.74) is 5.31. The number of nitrogens with two attached hydrogens (primary N) is 1. The summed E-state index contributed by atoms with van der Waals surface area (Å²) in [7, 11) is 1.70. The molecule has 68 valence electrons. The lowest BCUT2D eigenvalue weighted by Gasteiger charge is -2.11. The lowest BCUT2D eigenvalue weighted by Crippen LogP contribution is -2.13. The van der Waals surface area contributed by atoms with Crippen LogP contribution in [0.4, 0.5) is 0 Å². The van der Waals surface area contributed by atoms with Crippen LogP contribution in [0.15, 0.2) is 0 Å². The van der Waals surface area contributed by atoms with Gasteiger partial charge in [0.25, 0.3) is 0 Å². The Morgan fingerprint density at radius 3 is 2.64 bits per heavy atom. The van der Waals surface area contributed by atoms with Crippen LogP contribution >= 0.6 is 0 Å². The second-order valence-corrected chi connectivity index (χ2v) is 2.61. The average molecular weight is 161 g/mol. The van der Waals surface area contributed by atoms with Crippen LogP contribution in [-0.4, -0.2) is 33.0 Å². The van der Waals surface area contributed by atoms with Crippen molar-refractivity contribution in [2.75, 3.05) is 26.9 Å². The molecule has 3 nitrogen and oxygen atoms in total. The number of methoxy groups -OCH3 is 1. The van der Waals surface area contributed by atoms with Crippen molar-refractivity contribution >= 4 is 0 Å². The van der Waals surface area contributed by atoms with Gasteiger partial charge in [0.05, 0.1) is 6.10 Å². The Labute approximate surface area is 68.9 Å². The van der Waals surface area contributed by atoms with E-state index in [4.69, 9.17) is 15.2 Å². The predicted molar refractivity (Wildman–Crippen MR) is 45.6 cm³/mol. The average Bonchev–Trinajstić information content (AvgIpc) is 2.01. The normalized spacial score (nSPS) is 13.4. The lowest BCUT2D eigenvalue weighted by atomic mass is 10.3. The van der Waals surface area contributed by atoms with Crippen LogP contribution in [0, 0.1) is 0 Å². The first-order chi connectivity index (χ1) is 5.31. The van der Waals surface area contributed by atoms with E-state index in [0.29, 0.717) is 12.6 Å². The van der Waals surface area contributed by atoms with E-state index in [0.717, 1.165) is 26.1 Å². The van der Waals surface area contributed by atoms with Crippen LogP contribution in [0.25, 0.3) is 0 Å². The highest BCUT2D eigenvalue weighted by atomic mass is 16.5. The van der Waals surface area contributed by atoms with Crippen LogP contribution in [-0.2, 0) is 9.47 Å². The summed E-state index contributed by atoms with van der Waals surface area (Å²) in [4.78, 5) is 0. The standard InChI is InChI=1S/C8H19NO2/c1-8(4-7-10-2)11-6-3-5-9/h8H,3-7,9H2,1-2H3. The molecule has 0 aliphatic carbocycles. The third-order valence-electron chi connectivity index (χ3n) is 1.48. The number of hydrogen-bond donors (Lipinski definition) is 1. The minimum Gasteiger partial charge on any atom is -0.385 e. The van der Waals surface area contributed by atoms with E-state index in [2.05, 4.69) is 6.92 Å². The van der Waals surface area contributed by atoms with E-state index in [1.807, 2.05) is 0 Å². The SMILES string of the molecule is COCCC(C)OCCCN. The Bertz CT molecular complexity index is 78.5. The fourth-order valence-corrected chi connectivity index (χ4v) is 0.735. The molecule has 0 heterocycles. The first-order valence-corrected chi connectivity index (χ1v) is 4.12. The van der Waals surface area contributed by atoms with Crippen molar-refractivity contribution < 1.29 is 9.47 Å². The molecule has 1 atom stereocenters. The van der Waals surface area contributed by atoms with Gasteiger partial charge in [-0.3, -0.25) is 0 Å². The summed E-state index contributed by atoms with van der Waals surface area (Å²) in [5.74, 6) is 0. The summed E-state index contributed by atoms with van der Waals surface area (Å²) in [6.45, 7) is 4.29. The maximum absolute atomic E-state index is 5.42. The molecule has 2 N–H and O–H groups in total. The number of rotatable bonds is 7. The highest BCUT2D eigenvalue weighted by Gasteiger charge is 1.99. The second kappa shape index (κ2) is 7.98. The van der Waals surface area contributed by atoms with Gasteiger partial charge in [0.1, 0.15) is 0 Å². The van der Waals surface area contributed by atoms with Crippen molar-refractivity contribution in [3.8, 4) is 0 Å². The monoisotopic (exact) mass is 161 g/mol. The van der Waals surface area contributed by atoms with E-state index < -0.39 is 0 Å². The molecule has 11 heavy (non-hydrogen) atoms. The van der Waals surface area contributed by atoms with Gasteiger partial charge in [-0.25, -0.2) is 0 Å². The molecule has 0 aromatic heterocycles. The molecule has 0 rings (SSSR count). The van der Waals surface area contributed by atoms with Crippen LogP contribution < -0.4 is 5.73 Å². The summed E-state index contributed by atoms with van der Waals surface area (Å²) in [6.07, 6.45) is 2.19. The zero-order chi connectivity index (χ0) is 8.53. The van der Waals surface area contributed by atoms with E-state index in [1.165, 1.54) is 0 Å². The highest BCUT2D eigenvalue weighted by molar-refractivity contribution is 4.48. The first kappa shape index (κ1) is 10.9. The molecular formula is C8H19NO2. The summed E-state index contributed by atoms with van der Waals surface area (Å²) < 4.78 is 10.3. The molecular weight excluding hydrogens is 142 g/mol. The third kappa shape index (κ3) is 7.78. The molecule has 0 aliphatic rings. The Balaban J connectivity index is 3.02. The molecule has 0 aliphatic heterocycles. The Morgan fingerprint density at radius 2 is 2.09 bits per heavy atom. The van der Waals surface area contributed by atoms with Crippen molar-refractivity contribution in [3.05, 3.63) is 0 Å². The van der Waals surface area contributed by atoms with Gasteiger partial charge < -0.3 is 15.2 Å². The zero-order valence-corrected chi connectivity index (χ0v) is 7.51. The van der Waals surface area contributed by atoms with E-state index in [1.54, 1.807) is 7.11 Å². The van der Waals surface area contributed by atoms with Crippen LogP contribution in [0.2, 0.25) is 0 Å². The van der Waals surface area contributed by atoms with Gasteiger partial charge in [-0.15, -0.1) is 0 Å². The molecule has 0 aromatic carbocycles. The van der Waals surface area contributed by atoms with Gasteiger partial charge in [0.2, 0.25) is 0 Å². The van der Waals surface area contributed by atoms with Gasteiger partial charge in [0, 0.05) is 20.3 Å². The zero-order valence-electron chi connectivity index (χ0n) is 7.51. The van der Waals surface area contributed by atoms with Gasteiger partial charge in [-0.1, -0.05) is 0 Å². The largest absolute Gasteiger partial charge is 0.385 e. The van der Waals surface area contributed by atoms with Gasteiger partial charge in [-0.05, 0) is 26.3 Å². The number of hydrogen-bond acceptors (Lipinski definition) is 3. The second-order valence-electron chi connectivity index (χ2n) is 2.61. The molecule has 0 saturated heterocycles. The molecule has 0 amide bonds. The van der Waals surface area contributed by atoms with Gasteiger partial charge in [0.15, 0.2) is 0 Å². The van der Waals surface area contributed by atoms with E-state index in [9.17, 15) is 0 Å². The van der Waals surface area contributed by atoms with E-state index >= 15 is 0 Å². The Hall–Kier alpha value is -0.120. The maximum Gasteiger partial charge on any atom is 0.0568 e. The summed E-state index contributed by atoms with van der Waals surface area (Å²) >= 11 is 0. The predicted octanol–water partition coefficient (Wildman–Crippen LogP) is 0.777. The van der Waals surface area contributed by atoms with Crippen molar-refractivity contribution in [2.24, 2.45) is 5.73 Å². The molecule has 0 saturated carbocycles. The lowest BCUT2D eigenvalue weighted by molar-refractivity contribution is 0.0405. The highest BCUT2D eigenvalue weighted by Crippen LogP contribution is 1.97. The molecule has 1 unspecified atom stereocenters. The topological polar surface area (TPSA) is 44.5 Å².